The number of ether oxygens (including phenoxy) is 1. The highest BCUT2D eigenvalue weighted by Gasteiger charge is 2.09. The van der Waals surface area contributed by atoms with Crippen molar-refractivity contribution in [3.8, 4) is 5.75 Å². The maximum Gasteiger partial charge on any atom is 0.125 e. The Balaban J connectivity index is 2.68. The van der Waals surface area contributed by atoms with E-state index in [1.54, 1.807) is 0 Å². The van der Waals surface area contributed by atoms with Crippen molar-refractivity contribution in [1.82, 2.24) is 5.32 Å². The highest BCUT2D eigenvalue weighted by atomic mass is 16.5. The van der Waals surface area contributed by atoms with Gasteiger partial charge in [0, 0.05) is 0 Å². The molecule has 0 amide bonds. The third-order valence-corrected chi connectivity index (χ3v) is 2.75. The van der Waals surface area contributed by atoms with Gasteiger partial charge in [-0.3, -0.25) is 0 Å². The number of aliphatic hydroxyl groups excluding tert-OH is 1. The minimum Gasteiger partial charge on any atom is -0.491 e. The van der Waals surface area contributed by atoms with Gasteiger partial charge in [-0.25, -0.2) is 0 Å². The highest BCUT2D eigenvalue weighted by molar-refractivity contribution is 5.42. The predicted octanol–water partition coefficient (Wildman–Crippen LogP) is 1.96. The first kappa shape index (κ1) is 14.0. The van der Waals surface area contributed by atoms with E-state index in [-0.39, 0.29) is 12.6 Å². The molecule has 0 saturated heterocycles. The van der Waals surface area contributed by atoms with E-state index in [9.17, 15) is 5.11 Å². The molecule has 0 saturated carbocycles. The Kier molecular flexibility index (Phi) is 5.45. The zero-order valence-electron chi connectivity index (χ0n) is 11.2. The van der Waals surface area contributed by atoms with Gasteiger partial charge in [0.2, 0.25) is 0 Å². The topological polar surface area (TPSA) is 41.5 Å². The van der Waals surface area contributed by atoms with Gasteiger partial charge in [0.25, 0.3) is 0 Å². The van der Waals surface area contributed by atoms with Crippen molar-refractivity contribution in [3.63, 3.8) is 0 Å². The van der Waals surface area contributed by atoms with E-state index < -0.39 is 0 Å². The second kappa shape index (κ2) is 6.62. The van der Waals surface area contributed by atoms with E-state index in [0.29, 0.717) is 6.61 Å². The van der Waals surface area contributed by atoms with Crippen LogP contribution in [0.2, 0.25) is 0 Å². The van der Waals surface area contributed by atoms with E-state index >= 15 is 0 Å². The van der Waals surface area contributed by atoms with Gasteiger partial charge in [-0.2, -0.15) is 0 Å². The average Bonchev–Trinajstić information content (AvgIpc) is 2.26. The van der Waals surface area contributed by atoms with Gasteiger partial charge in [-0.05, 0) is 38.4 Å². The first-order valence-electron chi connectivity index (χ1n) is 6.13. The summed E-state index contributed by atoms with van der Waals surface area (Å²) in [5, 5.41) is 12.4. The van der Waals surface area contributed by atoms with Crippen molar-refractivity contribution in [2.75, 3.05) is 19.8 Å². The zero-order chi connectivity index (χ0) is 12.8. The van der Waals surface area contributed by atoms with Gasteiger partial charge in [0.1, 0.15) is 12.4 Å². The zero-order valence-corrected chi connectivity index (χ0v) is 11.2. The number of aliphatic hydroxyl groups is 1. The first-order valence-corrected chi connectivity index (χ1v) is 6.13. The minimum atomic E-state index is 0.0000954. The van der Waals surface area contributed by atoms with Crippen LogP contribution in [-0.4, -0.2) is 30.9 Å². The van der Waals surface area contributed by atoms with Crippen LogP contribution in [0.15, 0.2) is 12.1 Å². The lowest BCUT2D eigenvalue weighted by atomic mass is 10.1. The second-order valence-corrected chi connectivity index (χ2v) is 4.48. The number of aryl methyl sites for hydroxylation is 3. The number of benzene rings is 1. The van der Waals surface area contributed by atoms with Crippen molar-refractivity contribution < 1.29 is 9.84 Å². The molecule has 3 nitrogen and oxygen atoms in total. The van der Waals surface area contributed by atoms with E-state index in [0.717, 1.165) is 23.4 Å². The van der Waals surface area contributed by atoms with Crippen LogP contribution in [0.1, 0.15) is 23.6 Å². The van der Waals surface area contributed by atoms with Crippen molar-refractivity contribution in [2.45, 2.75) is 33.7 Å². The third kappa shape index (κ3) is 4.02. The van der Waals surface area contributed by atoms with Gasteiger partial charge >= 0.3 is 0 Å². The van der Waals surface area contributed by atoms with Crippen LogP contribution in [0.4, 0.5) is 0 Å². The van der Waals surface area contributed by atoms with Crippen LogP contribution in [0.25, 0.3) is 0 Å². The molecule has 1 aromatic carbocycles. The summed E-state index contributed by atoms with van der Waals surface area (Å²) < 4.78 is 5.81. The molecule has 0 aliphatic carbocycles. The molecule has 1 unspecified atom stereocenters. The summed E-state index contributed by atoms with van der Waals surface area (Å²) in [6.45, 7) is 9.63. The van der Waals surface area contributed by atoms with Crippen molar-refractivity contribution in [1.29, 1.82) is 0 Å². The van der Waals surface area contributed by atoms with E-state index in [2.05, 4.69) is 38.2 Å². The second-order valence-electron chi connectivity index (χ2n) is 4.48. The molecule has 0 heterocycles. The van der Waals surface area contributed by atoms with Crippen LogP contribution in [0.3, 0.4) is 0 Å². The summed E-state index contributed by atoms with van der Waals surface area (Å²) in [6, 6.07) is 4.23. The lowest BCUT2D eigenvalue weighted by Gasteiger charge is -2.18. The van der Waals surface area contributed by atoms with Gasteiger partial charge in [0.15, 0.2) is 0 Å². The third-order valence-electron chi connectivity index (χ3n) is 2.75. The molecular formula is C14H23NO2. The fourth-order valence-electron chi connectivity index (χ4n) is 2.04. The average molecular weight is 237 g/mol. The van der Waals surface area contributed by atoms with Crippen LogP contribution >= 0.6 is 0 Å². The largest absolute Gasteiger partial charge is 0.491 e. The fourth-order valence-corrected chi connectivity index (χ4v) is 2.04. The summed E-state index contributed by atoms with van der Waals surface area (Å²) in [7, 11) is 0. The number of likely N-dealkylation sites (N-methyl/N-ethyl adjacent to an activating group) is 1. The van der Waals surface area contributed by atoms with Gasteiger partial charge in [-0.15, -0.1) is 0 Å². The molecule has 0 aromatic heterocycles. The molecule has 96 valence electrons. The van der Waals surface area contributed by atoms with Crippen LogP contribution in [-0.2, 0) is 0 Å². The summed E-state index contributed by atoms with van der Waals surface area (Å²) in [5.74, 6) is 0.937. The normalized spacial score (nSPS) is 12.5. The Bertz CT molecular complexity index is 340. The molecule has 0 bridgehead atoms. The van der Waals surface area contributed by atoms with Gasteiger partial charge in [0.05, 0.1) is 12.6 Å². The van der Waals surface area contributed by atoms with Crippen molar-refractivity contribution in [2.24, 2.45) is 0 Å². The van der Waals surface area contributed by atoms with Gasteiger partial charge in [-0.1, -0.05) is 24.6 Å². The standard InChI is InChI=1S/C14H23NO2/c1-5-15-13(8-16)9-17-14-11(3)6-10(2)7-12(14)4/h6-7,13,15-16H,5,8-9H2,1-4H3. The molecule has 0 aliphatic heterocycles. The fraction of sp³-hybridized carbons (Fsp3) is 0.571. The van der Waals surface area contributed by atoms with E-state index in [4.69, 9.17) is 4.74 Å². The van der Waals surface area contributed by atoms with Crippen LogP contribution in [0.5, 0.6) is 5.75 Å². The monoisotopic (exact) mass is 237 g/mol. The summed E-state index contributed by atoms with van der Waals surface area (Å²) in [6.07, 6.45) is 0. The molecule has 1 atom stereocenters. The lowest BCUT2D eigenvalue weighted by Crippen LogP contribution is -2.37. The van der Waals surface area contributed by atoms with Crippen LogP contribution in [0, 0.1) is 20.8 Å². The molecule has 3 heteroatoms. The van der Waals surface area contributed by atoms with Crippen molar-refractivity contribution >= 4 is 0 Å². The number of hydrogen-bond donors (Lipinski definition) is 2. The summed E-state index contributed by atoms with van der Waals surface area (Å²) in [5.41, 5.74) is 3.55. The summed E-state index contributed by atoms with van der Waals surface area (Å²) >= 11 is 0. The van der Waals surface area contributed by atoms with Gasteiger partial charge < -0.3 is 15.2 Å². The smallest absolute Gasteiger partial charge is 0.125 e. The molecule has 0 spiro atoms. The molecule has 1 aromatic rings. The molecule has 2 N–H and O–H groups in total. The Labute approximate surface area is 104 Å². The quantitative estimate of drug-likeness (QED) is 0.794. The van der Waals surface area contributed by atoms with Crippen LogP contribution < -0.4 is 10.1 Å². The Hall–Kier alpha value is -1.06. The molecule has 0 radical (unpaired) electrons. The molecule has 0 fully saturated rings. The maximum absolute atomic E-state index is 9.18. The molecular weight excluding hydrogens is 214 g/mol. The predicted molar refractivity (Wildman–Crippen MR) is 70.7 cm³/mol. The number of nitrogens with one attached hydrogen (secondary N) is 1. The van der Waals surface area contributed by atoms with Crippen molar-refractivity contribution in [3.05, 3.63) is 28.8 Å². The number of rotatable bonds is 6. The minimum absolute atomic E-state index is 0.0000954. The highest BCUT2D eigenvalue weighted by Crippen LogP contribution is 2.24. The van der Waals surface area contributed by atoms with E-state index in [1.165, 1.54) is 5.56 Å². The number of hydrogen-bond acceptors (Lipinski definition) is 3. The SMILES string of the molecule is CCNC(CO)COc1c(C)cc(C)cc1C. The maximum atomic E-state index is 9.18. The Morgan fingerprint density at radius 2 is 1.82 bits per heavy atom. The first-order chi connectivity index (χ1) is 8.08. The Morgan fingerprint density at radius 1 is 1.24 bits per heavy atom. The molecule has 1 rings (SSSR count). The van der Waals surface area contributed by atoms with E-state index in [1.807, 2.05) is 6.92 Å². The Morgan fingerprint density at radius 3 is 2.29 bits per heavy atom. The molecule has 17 heavy (non-hydrogen) atoms. The lowest BCUT2D eigenvalue weighted by molar-refractivity contribution is 0.183. The molecule has 0 aliphatic rings. The summed E-state index contributed by atoms with van der Waals surface area (Å²) in [4.78, 5) is 0.